The molecule has 4 nitrogen and oxygen atoms in total. The van der Waals surface area contributed by atoms with Gasteiger partial charge in [-0.25, -0.2) is 0 Å². The SMILES string of the molecule is COC[C@@H](C)NC(=S)N/N=C(/C)c1ccccc1. The summed E-state index contributed by atoms with van der Waals surface area (Å²) in [6, 6.07) is 10.1. The molecular weight excluding hydrogens is 246 g/mol. The number of hydrazone groups is 1. The molecule has 0 spiro atoms. The Bertz CT molecular complexity index is 406. The van der Waals surface area contributed by atoms with Gasteiger partial charge in [0, 0.05) is 13.2 Å². The molecule has 1 atom stereocenters. The Morgan fingerprint density at radius 3 is 2.67 bits per heavy atom. The molecule has 0 saturated heterocycles. The van der Waals surface area contributed by atoms with Crippen molar-refractivity contribution in [1.82, 2.24) is 10.7 Å². The Morgan fingerprint density at radius 2 is 2.06 bits per heavy atom. The number of ether oxygens (including phenoxy) is 1. The molecule has 2 N–H and O–H groups in total. The van der Waals surface area contributed by atoms with Gasteiger partial charge in [0.05, 0.1) is 12.3 Å². The summed E-state index contributed by atoms with van der Waals surface area (Å²) < 4.78 is 5.01. The number of methoxy groups -OCH3 is 1. The maximum atomic E-state index is 5.13. The molecule has 0 unspecified atom stereocenters. The summed E-state index contributed by atoms with van der Waals surface area (Å²) >= 11 is 5.13. The molecule has 0 heterocycles. The van der Waals surface area contributed by atoms with E-state index in [-0.39, 0.29) is 6.04 Å². The van der Waals surface area contributed by atoms with E-state index in [1.807, 2.05) is 44.2 Å². The maximum Gasteiger partial charge on any atom is 0.187 e. The predicted molar refractivity (Wildman–Crippen MR) is 78.9 cm³/mol. The first kappa shape index (κ1) is 14.6. The number of nitrogens with one attached hydrogen (secondary N) is 2. The second-order valence-corrected chi connectivity index (χ2v) is 4.41. The van der Waals surface area contributed by atoms with E-state index in [9.17, 15) is 0 Å². The molecule has 0 aliphatic rings. The second-order valence-electron chi connectivity index (χ2n) is 4.00. The van der Waals surface area contributed by atoms with E-state index in [0.29, 0.717) is 11.7 Å². The van der Waals surface area contributed by atoms with Crippen molar-refractivity contribution in [3.63, 3.8) is 0 Å². The minimum Gasteiger partial charge on any atom is -0.383 e. The highest BCUT2D eigenvalue weighted by Crippen LogP contribution is 1.99. The molecule has 0 radical (unpaired) electrons. The summed E-state index contributed by atoms with van der Waals surface area (Å²) in [6.45, 7) is 4.53. The minimum atomic E-state index is 0.155. The number of hydrogen-bond donors (Lipinski definition) is 2. The average Bonchev–Trinajstić information content (AvgIpc) is 2.37. The van der Waals surface area contributed by atoms with Gasteiger partial charge in [0.15, 0.2) is 5.11 Å². The molecule has 0 saturated carbocycles. The van der Waals surface area contributed by atoms with Crippen molar-refractivity contribution >= 4 is 23.0 Å². The van der Waals surface area contributed by atoms with Gasteiger partial charge in [-0.3, -0.25) is 5.43 Å². The number of benzene rings is 1. The lowest BCUT2D eigenvalue weighted by Gasteiger charge is -2.14. The van der Waals surface area contributed by atoms with E-state index in [2.05, 4.69) is 15.8 Å². The summed E-state index contributed by atoms with van der Waals surface area (Å²) in [7, 11) is 1.66. The first-order valence-corrected chi connectivity index (χ1v) is 6.19. The molecular formula is C13H19N3OS. The van der Waals surface area contributed by atoms with Crippen LogP contribution in [0, 0.1) is 0 Å². The topological polar surface area (TPSA) is 45.6 Å². The van der Waals surface area contributed by atoms with Gasteiger partial charge in [-0.1, -0.05) is 30.3 Å². The van der Waals surface area contributed by atoms with Gasteiger partial charge >= 0.3 is 0 Å². The zero-order valence-electron chi connectivity index (χ0n) is 10.9. The van der Waals surface area contributed by atoms with Gasteiger partial charge in [-0.05, 0) is 31.6 Å². The Kier molecular flexibility index (Phi) is 6.32. The van der Waals surface area contributed by atoms with Gasteiger partial charge in [-0.15, -0.1) is 0 Å². The van der Waals surface area contributed by atoms with Gasteiger partial charge in [0.25, 0.3) is 0 Å². The Balaban J connectivity index is 2.46. The van der Waals surface area contributed by atoms with E-state index >= 15 is 0 Å². The van der Waals surface area contributed by atoms with Crippen LogP contribution in [0.3, 0.4) is 0 Å². The third-order valence-corrected chi connectivity index (χ3v) is 2.52. The molecule has 0 aliphatic carbocycles. The number of nitrogens with zero attached hydrogens (tertiary/aromatic N) is 1. The van der Waals surface area contributed by atoms with Crippen molar-refractivity contribution in [1.29, 1.82) is 0 Å². The van der Waals surface area contributed by atoms with E-state index in [4.69, 9.17) is 17.0 Å². The zero-order valence-corrected chi connectivity index (χ0v) is 11.8. The van der Waals surface area contributed by atoms with Crippen molar-refractivity contribution in [3.8, 4) is 0 Å². The Morgan fingerprint density at radius 1 is 1.39 bits per heavy atom. The summed E-state index contributed by atoms with van der Waals surface area (Å²) in [4.78, 5) is 0. The van der Waals surface area contributed by atoms with Crippen molar-refractivity contribution in [2.24, 2.45) is 5.10 Å². The molecule has 0 fully saturated rings. The highest BCUT2D eigenvalue weighted by Gasteiger charge is 2.02. The fourth-order valence-electron chi connectivity index (χ4n) is 1.43. The van der Waals surface area contributed by atoms with Crippen molar-refractivity contribution < 1.29 is 4.74 Å². The molecule has 5 heteroatoms. The number of thiocarbonyl (C=S) groups is 1. The van der Waals surface area contributed by atoms with Crippen LogP contribution in [0.15, 0.2) is 35.4 Å². The molecule has 1 aromatic rings. The highest BCUT2D eigenvalue weighted by atomic mass is 32.1. The number of rotatable bonds is 5. The fraction of sp³-hybridized carbons (Fsp3) is 0.385. The van der Waals surface area contributed by atoms with Gasteiger partial charge < -0.3 is 10.1 Å². The molecule has 1 aromatic carbocycles. The molecule has 1 rings (SSSR count). The normalized spacial score (nSPS) is 12.9. The largest absolute Gasteiger partial charge is 0.383 e. The average molecular weight is 265 g/mol. The fourth-order valence-corrected chi connectivity index (χ4v) is 1.67. The Labute approximate surface area is 113 Å². The summed E-state index contributed by atoms with van der Waals surface area (Å²) in [5.74, 6) is 0. The van der Waals surface area contributed by atoms with Crippen LogP contribution >= 0.6 is 12.2 Å². The summed E-state index contributed by atoms with van der Waals surface area (Å²) in [6.07, 6.45) is 0. The van der Waals surface area contributed by atoms with Gasteiger partial charge in [0.1, 0.15) is 0 Å². The van der Waals surface area contributed by atoms with Crippen LogP contribution in [0.1, 0.15) is 19.4 Å². The quantitative estimate of drug-likeness (QED) is 0.485. The van der Waals surface area contributed by atoms with Crippen molar-refractivity contribution in [3.05, 3.63) is 35.9 Å². The van der Waals surface area contributed by atoms with E-state index < -0.39 is 0 Å². The second kappa shape index (κ2) is 7.79. The molecule has 0 bridgehead atoms. The van der Waals surface area contributed by atoms with E-state index in [1.165, 1.54) is 0 Å². The van der Waals surface area contributed by atoms with Crippen LogP contribution in [0.5, 0.6) is 0 Å². The standard InChI is InChI=1S/C13H19N3OS/c1-10(9-17-3)14-13(18)16-15-11(2)12-7-5-4-6-8-12/h4-8,10H,9H2,1-3H3,(H2,14,16,18)/b15-11-/t10-/m1/s1. The third-order valence-electron chi connectivity index (χ3n) is 2.31. The van der Waals surface area contributed by atoms with E-state index in [1.54, 1.807) is 7.11 Å². The van der Waals surface area contributed by atoms with Crippen LogP contribution in [-0.4, -0.2) is 30.6 Å². The monoisotopic (exact) mass is 265 g/mol. The highest BCUT2D eigenvalue weighted by molar-refractivity contribution is 7.80. The molecule has 98 valence electrons. The van der Waals surface area contributed by atoms with Crippen LogP contribution in [0.4, 0.5) is 0 Å². The van der Waals surface area contributed by atoms with Crippen LogP contribution in [0.25, 0.3) is 0 Å². The Hall–Kier alpha value is -1.46. The molecule has 0 aliphatic heterocycles. The smallest absolute Gasteiger partial charge is 0.187 e. The lowest BCUT2D eigenvalue weighted by atomic mass is 10.1. The van der Waals surface area contributed by atoms with Gasteiger partial charge in [-0.2, -0.15) is 5.10 Å². The van der Waals surface area contributed by atoms with Gasteiger partial charge in [0.2, 0.25) is 0 Å². The minimum absolute atomic E-state index is 0.155. The molecule has 18 heavy (non-hydrogen) atoms. The number of hydrogen-bond acceptors (Lipinski definition) is 3. The zero-order chi connectivity index (χ0) is 13.4. The first-order valence-electron chi connectivity index (χ1n) is 5.78. The predicted octanol–water partition coefficient (Wildman–Crippen LogP) is 1.91. The lowest BCUT2D eigenvalue weighted by molar-refractivity contribution is 0.179. The molecule has 0 aromatic heterocycles. The third kappa shape index (κ3) is 5.25. The van der Waals surface area contributed by atoms with Crippen LogP contribution in [0.2, 0.25) is 0 Å². The van der Waals surface area contributed by atoms with Crippen LogP contribution < -0.4 is 10.7 Å². The van der Waals surface area contributed by atoms with Crippen molar-refractivity contribution in [2.45, 2.75) is 19.9 Å². The summed E-state index contributed by atoms with van der Waals surface area (Å²) in [5.41, 5.74) is 4.78. The maximum absolute atomic E-state index is 5.13. The first-order chi connectivity index (χ1) is 8.63. The van der Waals surface area contributed by atoms with Crippen molar-refractivity contribution in [2.75, 3.05) is 13.7 Å². The summed E-state index contributed by atoms with van der Waals surface area (Å²) in [5, 5.41) is 7.80. The van der Waals surface area contributed by atoms with E-state index in [0.717, 1.165) is 11.3 Å². The molecule has 0 amide bonds. The van der Waals surface area contributed by atoms with Crippen LogP contribution in [-0.2, 0) is 4.74 Å². The lowest BCUT2D eigenvalue weighted by Crippen LogP contribution is -2.40.